The summed E-state index contributed by atoms with van der Waals surface area (Å²) in [7, 11) is 0. The van der Waals surface area contributed by atoms with Crippen LogP contribution in [0.2, 0.25) is 0 Å². The van der Waals surface area contributed by atoms with Gasteiger partial charge in [0, 0.05) is 12.6 Å². The van der Waals surface area contributed by atoms with E-state index in [1.165, 1.54) is 6.07 Å². The number of nitrogens with two attached hydrogens (primary N) is 1. The third-order valence-corrected chi connectivity index (χ3v) is 4.30. The minimum atomic E-state index is -0.915. The smallest absolute Gasteiger partial charge is 0.287 e. The van der Waals surface area contributed by atoms with Crippen LogP contribution < -0.4 is 11.1 Å². The summed E-state index contributed by atoms with van der Waals surface area (Å²) >= 11 is 0. The zero-order valence-electron chi connectivity index (χ0n) is 11.7. The fourth-order valence-corrected chi connectivity index (χ4v) is 2.62. The largest absolute Gasteiger partial charge is 0.458 e. The van der Waals surface area contributed by atoms with E-state index < -0.39 is 17.4 Å². The molecule has 1 aliphatic carbocycles. The Morgan fingerprint density at radius 1 is 1.45 bits per heavy atom. The Kier molecular flexibility index (Phi) is 3.60. The maximum absolute atomic E-state index is 11.9. The number of aliphatic hydroxyl groups is 1. The number of nitrogens with one attached hydrogen (secondary N) is 1. The Bertz CT molecular complexity index is 535. The monoisotopic (exact) mass is 280 g/mol. The summed E-state index contributed by atoms with van der Waals surface area (Å²) in [5.41, 5.74) is 4.09. The second-order valence-corrected chi connectivity index (χ2v) is 6.02. The van der Waals surface area contributed by atoms with Crippen LogP contribution in [0.1, 0.15) is 54.0 Å². The summed E-state index contributed by atoms with van der Waals surface area (Å²) in [6.45, 7) is 4.14. The molecular formula is C14H20N2O4. The zero-order valence-corrected chi connectivity index (χ0v) is 11.7. The molecule has 4 N–H and O–H groups in total. The van der Waals surface area contributed by atoms with Crippen LogP contribution in [0.4, 0.5) is 0 Å². The molecular weight excluding hydrogens is 260 g/mol. The molecule has 1 aromatic rings. The summed E-state index contributed by atoms with van der Waals surface area (Å²) in [4.78, 5) is 22.9. The van der Waals surface area contributed by atoms with Crippen LogP contribution in [0.15, 0.2) is 16.7 Å². The van der Waals surface area contributed by atoms with E-state index >= 15 is 0 Å². The van der Waals surface area contributed by atoms with Crippen LogP contribution in [0.5, 0.6) is 0 Å². The van der Waals surface area contributed by atoms with Crippen molar-refractivity contribution in [1.82, 2.24) is 5.32 Å². The van der Waals surface area contributed by atoms with Crippen molar-refractivity contribution in [2.75, 3.05) is 6.54 Å². The van der Waals surface area contributed by atoms with Crippen molar-refractivity contribution < 1.29 is 19.1 Å². The number of carbonyl (C=O) groups excluding carboxylic acids is 2. The minimum Gasteiger partial charge on any atom is -0.458 e. The number of hydrogen-bond donors (Lipinski definition) is 3. The van der Waals surface area contributed by atoms with Crippen LogP contribution >= 0.6 is 0 Å². The molecule has 6 heteroatoms. The molecule has 0 saturated heterocycles. The molecule has 0 aromatic carbocycles. The maximum Gasteiger partial charge on any atom is 0.287 e. The molecule has 20 heavy (non-hydrogen) atoms. The van der Waals surface area contributed by atoms with Crippen LogP contribution in [0.25, 0.3) is 0 Å². The molecule has 1 saturated carbocycles. The summed E-state index contributed by atoms with van der Waals surface area (Å²) in [6.07, 6.45) is 3.66. The first-order valence-corrected chi connectivity index (χ1v) is 6.64. The highest BCUT2D eigenvalue weighted by molar-refractivity contribution is 5.97. The molecule has 1 aliphatic rings. The number of furan rings is 1. The Morgan fingerprint density at radius 2 is 2.15 bits per heavy atom. The van der Waals surface area contributed by atoms with E-state index in [0.717, 1.165) is 19.1 Å². The van der Waals surface area contributed by atoms with Gasteiger partial charge < -0.3 is 20.6 Å². The predicted molar refractivity (Wildman–Crippen MR) is 72.1 cm³/mol. The van der Waals surface area contributed by atoms with E-state index in [1.54, 1.807) is 0 Å². The second-order valence-electron chi connectivity index (χ2n) is 6.02. The van der Waals surface area contributed by atoms with Crippen LogP contribution in [-0.2, 0) is 0 Å². The average Bonchev–Trinajstić information content (AvgIpc) is 2.93. The lowest BCUT2D eigenvalue weighted by Gasteiger charge is -2.36. The summed E-state index contributed by atoms with van der Waals surface area (Å²) < 4.78 is 4.99. The van der Waals surface area contributed by atoms with Gasteiger partial charge in [-0.05, 0) is 24.7 Å². The van der Waals surface area contributed by atoms with Crippen molar-refractivity contribution >= 4 is 11.8 Å². The van der Waals surface area contributed by atoms with Gasteiger partial charge in [0.25, 0.3) is 11.8 Å². The molecule has 1 atom stereocenters. The second kappa shape index (κ2) is 4.94. The van der Waals surface area contributed by atoms with Gasteiger partial charge in [0.15, 0.2) is 5.76 Å². The average molecular weight is 280 g/mol. The van der Waals surface area contributed by atoms with E-state index in [2.05, 4.69) is 5.32 Å². The molecule has 1 unspecified atom stereocenters. The molecule has 2 amide bonds. The lowest BCUT2D eigenvalue weighted by molar-refractivity contribution is -0.0395. The van der Waals surface area contributed by atoms with E-state index in [1.807, 2.05) is 13.8 Å². The zero-order chi connectivity index (χ0) is 15.0. The normalized spacial score (nSPS) is 24.6. The standard InChI is InChI=1S/C14H20N2O4/c1-13(2)4-3-5-14(13,19)8-16-12(18)10-6-9(7-20-10)11(15)17/h6-7,19H,3-5,8H2,1-2H3,(H2,15,17)(H,16,18). The Labute approximate surface area is 117 Å². The fourth-order valence-electron chi connectivity index (χ4n) is 2.62. The Morgan fingerprint density at radius 3 is 2.65 bits per heavy atom. The van der Waals surface area contributed by atoms with Crippen molar-refractivity contribution in [2.24, 2.45) is 11.1 Å². The van der Waals surface area contributed by atoms with Crippen LogP contribution in [0, 0.1) is 5.41 Å². The van der Waals surface area contributed by atoms with E-state index in [9.17, 15) is 14.7 Å². The highest BCUT2D eigenvalue weighted by Gasteiger charge is 2.47. The predicted octanol–water partition coefficient (Wildman–Crippen LogP) is 1.05. The molecule has 1 heterocycles. The van der Waals surface area contributed by atoms with Crippen molar-refractivity contribution in [3.63, 3.8) is 0 Å². The van der Waals surface area contributed by atoms with E-state index in [-0.39, 0.29) is 23.3 Å². The quantitative estimate of drug-likeness (QED) is 0.766. The number of primary amides is 1. The first kappa shape index (κ1) is 14.6. The first-order chi connectivity index (χ1) is 9.25. The molecule has 6 nitrogen and oxygen atoms in total. The summed E-state index contributed by atoms with van der Waals surface area (Å²) in [5.74, 6) is -1.10. The molecule has 1 aromatic heterocycles. The van der Waals surface area contributed by atoms with Gasteiger partial charge in [-0.1, -0.05) is 13.8 Å². The summed E-state index contributed by atoms with van der Waals surface area (Å²) in [5, 5.41) is 13.2. The van der Waals surface area contributed by atoms with Crippen molar-refractivity contribution in [3.8, 4) is 0 Å². The summed E-state index contributed by atoms with van der Waals surface area (Å²) in [6, 6.07) is 1.29. The number of rotatable bonds is 4. The van der Waals surface area contributed by atoms with Crippen LogP contribution in [0.3, 0.4) is 0 Å². The highest BCUT2D eigenvalue weighted by Crippen LogP contribution is 2.45. The lowest BCUT2D eigenvalue weighted by Crippen LogP contribution is -2.49. The first-order valence-electron chi connectivity index (χ1n) is 6.64. The van der Waals surface area contributed by atoms with Crippen LogP contribution in [-0.4, -0.2) is 29.1 Å². The molecule has 110 valence electrons. The van der Waals surface area contributed by atoms with Gasteiger partial charge in [0.2, 0.25) is 0 Å². The SMILES string of the molecule is CC1(C)CCCC1(O)CNC(=O)c1cc(C(N)=O)co1. The number of carbonyl (C=O) groups is 2. The molecule has 0 aliphatic heterocycles. The Balaban J connectivity index is 2.00. The number of hydrogen-bond acceptors (Lipinski definition) is 4. The molecule has 2 rings (SSSR count). The lowest BCUT2D eigenvalue weighted by atomic mass is 9.78. The Hall–Kier alpha value is -1.82. The topological polar surface area (TPSA) is 106 Å². The van der Waals surface area contributed by atoms with Crippen molar-refractivity contribution in [3.05, 3.63) is 23.7 Å². The van der Waals surface area contributed by atoms with Gasteiger partial charge in [0.1, 0.15) is 6.26 Å². The fraction of sp³-hybridized carbons (Fsp3) is 0.571. The third kappa shape index (κ3) is 2.56. The molecule has 0 spiro atoms. The van der Waals surface area contributed by atoms with Gasteiger partial charge in [-0.3, -0.25) is 9.59 Å². The van der Waals surface area contributed by atoms with Gasteiger partial charge in [0.05, 0.1) is 11.2 Å². The molecule has 0 radical (unpaired) electrons. The van der Waals surface area contributed by atoms with Gasteiger partial charge in [-0.25, -0.2) is 0 Å². The maximum atomic E-state index is 11.9. The van der Waals surface area contributed by atoms with E-state index in [4.69, 9.17) is 10.2 Å². The number of amides is 2. The molecule has 1 fully saturated rings. The van der Waals surface area contributed by atoms with Gasteiger partial charge in [-0.2, -0.15) is 0 Å². The third-order valence-electron chi connectivity index (χ3n) is 4.30. The molecule has 0 bridgehead atoms. The van der Waals surface area contributed by atoms with Crippen molar-refractivity contribution in [2.45, 2.75) is 38.7 Å². The van der Waals surface area contributed by atoms with Crippen molar-refractivity contribution in [1.29, 1.82) is 0 Å². The highest BCUT2D eigenvalue weighted by atomic mass is 16.3. The van der Waals surface area contributed by atoms with E-state index in [0.29, 0.717) is 6.42 Å². The van der Waals surface area contributed by atoms with Gasteiger partial charge >= 0.3 is 0 Å². The van der Waals surface area contributed by atoms with Gasteiger partial charge in [-0.15, -0.1) is 0 Å². The minimum absolute atomic E-state index is 0.0122.